The number of carbonyl (C=O) groups excluding carboxylic acids is 1. The molecule has 1 amide bonds. The van der Waals surface area contributed by atoms with Crippen LogP contribution in [0, 0.1) is 5.92 Å². The Morgan fingerprint density at radius 3 is 2.38 bits per heavy atom. The number of likely N-dealkylation sites (tertiary alicyclic amines) is 1. The van der Waals surface area contributed by atoms with E-state index in [4.69, 9.17) is 4.42 Å². The summed E-state index contributed by atoms with van der Waals surface area (Å²) in [6.45, 7) is 5.45. The van der Waals surface area contributed by atoms with Crippen molar-refractivity contribution in [2.45, 2.75) is 45.4 Å². The van der Waals surface area contributed by atoms with Crippen LogP contribution in [-0.4, -0.2) is 34.1 Å². The third kappa shape index (κ3) is 4.22. The third-order valence-electron chi connectivity index (χ3n) is 6.33. The van der Waals surface area contributed by atoms with Crippen LogP contribution in [0.25, 0.3) is 22.3 Å². The summed E-state index contributed by atoms with van der Waals surface area (Å²) in [4.78, 5) is 27.9. The van der Waals surface area contributed by atoms with Crippen LogP contribution in [0.2, 0.25) is 0 Å². The van der Waals surface area contributed by atoms with Gasteiger partial charge in [0.2, 0.25) is 5.91 Å². The zero-order valence-electron chi connectivity index (χ0n) is 18.5. The molecule has 0 radical (unpaired) electrons. The number of carbonyl (C=O) groups is 1. The second-order valence-corrected chi connectivity index (χ2v) is 8.87. The quantitative estimate of drug-likeness (QED) is 0.588. The van der Waals surface area contributed by atoms with Gasteiger partial charge in [-0.05, 0) is 25.2 Å². The normalized spacial score (nSPS) is 15.3. The summed E-state index contributed by atoms with van der Waals surface area (Å²) in [5.41, 5.74) is 0.853. The van der Waals surface area contributed by atoms with E-state index >= 15 is 0 Å². The smallest absolute Gasteiger partial charge is 0.223 e. The number of aromatic hydroxyl groups is 2. The molecule has 0 aliphatic carbocycles. The van der Waals surface area contributed by atoms with Gasteiger partial charge in [0.15, 0.2) is 5.43 Å². The number of nitrogens with zero attached hydrogens (tertiary/aromatic N) is 1. The van der Waals surface area contributed by atoms with Crippen LogP contribution in [0.1, 0.15) is 51.0 Å². The zero-order valence-corrected chi connectivity index (χ0v) is 18.5. The van der Waals surface area contributed by atoms with Crippen molar-refractivity contribution in [2.75, 3.05) is 13.1 Å². The molecular formula is C26H29NO5. The number of phenolic OH excluding ortho intramolecular Hbond substituents is 2. The van der Waals surface area contributed by atoms with Crippen LogP contribution in [0.3, 0.4) is 0 Å². The van der Waals surface area contributed by atoms with Gasteiger partial charge in [0, 0.05) is 48.7 Å². The van der Waals surface area contributed by atoms with Gasteiger partial charge in [-0.1, -0.05) is 44.2 Å². The summed E-state index contributed by atoms with van der Waals surface area (Å²) in [7, 11) is 0. The Labute approximate surface area is 187 Å². The topological polar surface area (TPSA) is 91.0 Å². The van der Waals surface area contributed by atoms with Gasteiger partial charge in [-0.15, -0.1) is 0 Å². The highest BCUT2D eigenvalue weighted by Crippen LogP contribution is 2.43. The minimum absolute atomic E-state index is 0.00642. The van der Waals surface area contributed by atoms with Crippen molar-refractivity contribution in [1.29, 1.82) is 0 Å². The molecule has 0 saturated carbocycles. The van der Waals surface area contributed by atoms with Crippen molar-refractivity contribution in [3.63, 3.8) is 0 Å². The van der Waals surface area contributed by atoms with Gasteiger partial charge >= 0.3 is 0 Å². The second kappa shape index (κ2) is 9.07. The Hall–Kier alpha value is -3.28. The molecule has 4 rings (SSSR count). The highest BCUT2D eigenvalue weighted by molar-refractivity contribution is 5.90. The molecule has 2 heterocycles. The molecule has 1 aliphatic rings. The van der Waals surface area contributed by atoms with E-state index in [1.807, 2.05) is 49.1 Å². The molecular weight excluding hydrogens is 406 g/mol. The van der Waals surface area contributed by atoms with Gasteiger partial charge in [-0.25, -0.2) is 0 Å². The number of hydrogen-bond acceptors (Lipinski definition) is 5. The van der Waals surface area contributed by atoms with Crippen LogP contribution in [-0.2, 0) is 4.79 Å². The lowest BCUT2D eigenvalue weighted by Crippen LogP contribution is -2.36. The molecule has 1 atom stereocenters. The molecule has 1 aliphatic heterocycles. The van der Waals surface area contributed by atoms with Crippen LogP contribution < -0.4 is 5.43 Å². The Kier molecular flexibility index (Phi) is 6.21. The lowest BCUT2D eigenvalue weighted by molar-refractivity contribution is -0.132. The fourth-order valence-corrected chi connectivity index (χ4v) is 4.56. The van der Waals surface area contributed by atoms with E-state index in [2.05, 4.69) is 0 Å². The molecule has 0 spiro atoms. The number of amides is 1. The summed E-state index contributed by atoms with van der Waals surface area (Å²) < 4.78 is 6.13. The zero-order chi connectivity index (χ0) is 22.8. The second-order valence-electron chi connectivity index (χ2n) is 8.87. The molecule has 1 fully saturated rings. The minimum Gasteiger partial charge on any atom is -0.507 e. The summed E-state index contributed by atoms with van der Waals surface area (Å²) >= 11 is 0. The molecule has 1 saturated heterocycles. The fourth-order valence-electron chi connectivity index (χ4n) is 4.56. The molecule has 0 bridgehead atoms. The molecule has 1 aromatic heterocycles. The Morgan fingerprint density at radius 2 is 1.72 bits per heavy atom. The van der Waals surface area contributed by atoms with Gasteiger partial charge in [0.1, 0.15) is 28.2 Å². The monoisotopic (exact) mass is 435 g/mol. The number of hydrogen-bond donors (Lipinski definition) is 2. The molecule has 32 heavy (non-hydrogen) atoms. The first-order valence-corrected chi connectivity index (χ1v) is 11.2. The molecule has 2 aromatic carbocycles. The van der Waals surface area contributed by atoms with Crippen molar-refractivity contribution in [1.82, 2.24) is 4.90 Å². The van der Waals surface area contributed by atoms with Gasteiger partial charge in [-0.2, -0.15) is 0 Å². The van der Waals surface area contributed by atoms with E-state index in [-0.39, 0.29) is 46.6 Å². The predicted molar refractivity (Wildman–Crippen MR) is 124 cm³/mol. The maximum absolute atomic E-state index is 13.1. The predicted octanol–water partition coefficient (Wildman–Crippen LogP) is 5.01. The Morgan fingerprint density at radius 1 is 1.03 bits per heavy atom. The van der Waals surface area contributed by atoms with Crippen LogP contribution in [0.5, 0.6) is 11.5 Å². The molecule has 0 unspecified atom stereocenters. The molecule has 2 N–H and O–H groups in total. The molecule has 3 aromatic rings. The fraction of sp³-hybridized carbons (Fsp3) is 0.385. The first kappa shape index (κ1) is 21.9. The average molecular weight is 436 g/mol. The first-order valence-electron chi connectivity index (χ1n) is 11.2. The number of piperidine rings is 1. The van der Waals surface area contributed by atoms with Crippen molar-refractivity contribution in [3.8, 4) is 22.8 Å². The number of rotatable bonds is 5. The van der Waals surface area contributed by atoms with Crippen molar-refractivity contribution in [2.24, 2.45) is 5.92 Å². The lowest BCUT2D eigenvalue weighted by Gasteiger charge is -2.30. The van der Waals surface area contributed by atoms with Crippen LogP contribution >= 0.6 is 0 Å². The SMILES string of the molecule is CC(C)[C@@H](CC(=O)N1CCCCC1)c1c(O)cc(O)c2c(=O)cc(-c3ccccc3)oc12. The standard InChI is InChI=1S/C26H29NO5/c1-16(2)18(13-23(31)27-11-7-4-8-12-27)24-19(28)14-20(29)25-21(30)15-22(32-26(24)25)17-9-5-3-6-10-17/h3,5-6,9-10,14-16,18,28-29H,4,7-8,11-13H2,1-2H3/t18-/m1/s1. The largest absolute Gasteiger partial charge is 0.507 e. The highest BCUT2D eigenvalue weighted by Gasteiger charge is 2.30. The van der Waals surface area contributed by atoms with Crippen LogP contribution in [0.15, 0.2) is 51.7 Å². The van der Waals surface area contributed by atoms with Crippen molar-refractivity contribution < 1.29 is 19.4 Å². The summed E-state index contributed by atoms with van der Waals surface area (Å²) in [6.07, 6.45) is 3.33. The maximum Gasteiger partial charge on any atom is 0.223 e. The summed E-state index contributed by atoms with van der Waals surface area (Å²) in [6, 6.07) is 11.7. The third-order valence-corrected chi connectivity index (χ3v) is 6.33. The molecule has 6 heteroatoms. The lowest BCUT2D eigenvalue weighted by atomic mass is 9.83. The van der Waals surface area contributed by atoms with Crippen LogP contribution in [0.4, 0.5) is 0 Å². The highest BCUT2D eigenvalue weighted by atomic mass is 16.3. The number of phenols is 2. The number of benzene rings is 2. The maximum atomic E-state index is 13.1. The van der Waals surface area contributed by atoms with E-state index in [1.165, 1.54) is 12.1 Å². The summed E-state index contributed by atoms with van der Waals surface area (Å²) in [5.74, 6) is -0.507. The van der Waals surface area contributed by atoms with Gasteiger partial charge < -0.3 is 19.5 Å². The van der Waals surface area contributed by atoms with Crippen molar-refractivity contribution in [3.05, 3.63) is 58.3 Å². The van der Waals surface area contributed by atoms with E-state index < -0.39 is 5.43 Å². The Balaban J connectivity index is 1.86. The van der Waals surface area contributed by atoms with Gasteiger partial charge in [-0.3, -0.25) is 9.59 Å². The van der Waals surface area contributed by atoms with Crippen molar-refractivity contribution >= 4 is 16.9 Å². The average Bonchev–Trinajstić information content (AvgIpc) is 2.78. The van der Waals surface area contributed by atoms with E-state index in [0.29, 0.717) is 16.9 Å². The Bertz CT molecular complexity index is 1180. The van der Waals surface area contributed by atoms with E-state index in [1.54, 1.807) is 0 Å². The van der Waals surface area contributed by atoms with Gasteiger partial charge in [0.05, 0.1) is 0 Å². The van der Waals surface area contributed by atoms with E-state index in [0.717, 1.165) is 32.4 Å². The molecule has 168 valence electrons. The first-order chi connectivity index (χ1) is 15.4. The molecule has 6 nitrogen and oxygen atoms in total. The number of fused-ring (bicyclic) bond motifs is 1. The summed E-state index contributed by atoms with van der Waals surface area (Å²) in [5, 5.41) is 21.3. The minimum atomic E-state index is -0.395. The van der Waals surface area contributed by atoms with Gasteiger partial charge in [0.25, 0.3) is 0 Å². The van der Waals surface area contributed by atoms with E-state index in [9.17, 15) is 19.8 Å².